The highest BCUT2D eigenvalue weighted by atomic mass is 32.2. The fraction of sp³-hybridized carbons (Fsp3) is 0.222. The summed E-state index contributed by atoms with van der Waals surface area (Å²) in [4.78, 5) is 15.7. The number of fused-ring (bicyclic) bond motifs is 1. The first-order valence-corrected chi connectivity index (χ1v) is 6.75. The van der Waals surface area contributed by atoms with Crippen molar-refractivity contribution in [1.29, 1.82) is 0 Å². The Kier molecular flexibility index (Phi) is 3.26. The maximum Gasteiger partial charge on any atom is 0.255 e. The summed E-state index contributed by atoms with van der Waals surface area (Å²) >= 11 is 0. The molecule has 2 aromatic rings. The molecule has 8 nitrogen and oxygen atoms in total. The molecule has 0 spiro atoms. The zero-order valence-corrected chi connectivity index (χ0v) is 10.1. The Bertz CT molecular complexity index is 678. The van der Waals surface area contributed by atoms with Gasteiger partial charge < -0.3 is 5.32 Å². The van der Waals surface area contributed by atoms with Gasteiger partial charge >= 0.3 is 0 Å². The predicted octanol–water partition coefficient (Wildman–Crippen LogP) is -1.25. The lowest BCUT2D eigenvalue weighted by molar-refractivity contribution is 0.0957. The first-order chi connectivity index (χ1) is 8.47. The van der Waals surface area contributed by atoms with E-state index in [1.165, 1.54) is 16.9 Å². The van der Waals surface area contributed by atoms with Crippen molar-refractivity contribution in [2.75, 3.05) is 12.3 Å². The van der Waals surface area contributed by atoms with E-state index in [4.69, 9.17) is 5.14 Å². The summed E-state index contributed by atoms with van der Waals surface area (Å²) in [5.41, 5.74) is 0.878. The molecule has 0 bridgehead atoms. The number of sulfonamides is 1. The van der Waals surface area contributed by atoms with Crippen LogP contribution in [0.3, 0.4) is 0 Å². The highest BCUT2D eigenvalue weighted by Crippen LogP contribution is 2.07. The van der Waals surface area contributed by atoms with Crippen molar-refractivity contribution in [3.8, 4) is 0 Å². The third-order valence-electron chi connectivity index (χ3n) is 2.24. The topological polar surface area (TPSA) is 119 Å². The Labute approximate surface area is 103 Å². The Morgan fingerprint density at radius 2 is 2.22 bits per heavy atom. The first-order valence-electron chi connectivity index (χ1n) is 5.03. The maximum atomic E-state index is 11.8. The SMILES string of the molecule is NS(=O)(=O)CCNC(=O)c1cnn2ccncc12. The molecule has 0 radical (unpaired) electrons. The van der Waals surface area contributed by atoms with Crippen molar-refractivity contribution in [2.24, 2.45) is 5.14 Å². The van der Waals surface area contributed by atoms with Crippen LogP contribution in [0.1, 0.15) is 10.4 Å². The molecule has 0 saturated carbocycles. The van der Waals surface area contributed by atoms with E-state index in [0.717, 1.165) is 0 Å². The minimum absolute atomic E-state index is 0.0464. The lowest BCUT2D eigenvalue weighted by Crippen LogP contribution is -2.31. The summed E-state index contributed by atoms with van der Waals surface area (Å²) in [5.74, 6) is -0.724. The fourth-order valence-electron chi connectivity index (χ4n) is 1.41. The van der Waals surface area contributed by atoms with E-state index in [0.29, 0.717) is 11.1 Å². The second-order valence-electron chi connectivity index (χ2n) is 3.59. The average molecular weight is 269 g/mol. The van der Waals surface area contributed by atoms with Crippen molar-refractivity contribution >= 4 is 21.4 Å². The minimum atomic E-state index is -3.58. The number of aromatic nitrogens is 3. The van der Waals surface area contributed by atoms with Crippen LogP contribution in [0.2, 0.25) is 0 Å². The average Bonchev–Trinajstić information content (AvgIpc) is 2.70. The van der Waals surface area contributed by atoms with E-state index in [2.05, 4.69) is 15.4 Å². The molecule has 2 rings (SSSR count). The molecule has 2 aromatic heterocycles. The number of nitrogens with zero attached hydrogens (tertiary/aromatic N) is 3. The van der Waals surface area contributed by atoms with Crippen molar-refractivity contribution in [3.05, 3.63) is 30.4 Å². The van der Waals surface area contributed by atoms with Crippen LogP contribution in [-0.4, -0.2) is 41.2 Å². The number of amides is 1. The number of carbonyl (C=O) groups is 1. The van der Waals surface area contributed by atoms with Gasteiger partial charge in [0.15, 0.2) is 0 Å². The van der Waals surface area contributed by atoms with Gasteiger partial charge in [-0.2, -0.15) is 5.10 Å². The molecule has 0 atom stereocenters. The molecule has 0 aliphatic heterocycles. The van der Waals surface area contributed by atoms with Crippen LogP contribution in [0.5, 0.6) is 0 Å². The summed E-state index contributed by atoms with van der Waals surface area (Å²) in [6.45, 7) is -0.0464. The normalized spacial score (nSPS) is 11.6. The molecular weight excluding hydrogens is 258 g/mol. The number of hydrogen-bond donors (Lipinski definition) is 2. The Hall–Kier alpha value is -2.00. The summed E-state index contributed by atoms with van der Waals surface area (Å²) in [6, 6.07) is 0. The Balaban J connectivity index is 2.10. The van der Waals surface area contributed by atoms with Crippen LogP contribution in [0, 0.1) is 0 Å². The van der Waals surface area contributed by atoms with Crippen molar-refractivity contribution in [1.82, 2.24) is 19.9 Å². The summed E-state index contributed by atoms with van der Waals surface area (Å²) in [7, 11) is -3.58. The molecule has 9 heteroatoms. The summed E-state index contributed by atoms with van der Waals surface area (Å²) < 4.78 is 22.9. The third-order valence-corrected chi connectivity index (χ3v) is 3.01. The van der Waals surface area contributed by atoms with Gasteiger partial charge in [0.25, 0.3) is 5.91 Å². The minimum Gasteiger partial charge on any atom is -0.351 e. The van der Waals surface area contributed by atoms with E-state index in [9.17, 15) is 13.2 Å². The van der Waals surface area contributed by atoms with Crippen LogP contribution in [0.4, 0.5) is 0 Å². The summed E-state index contributed by atoms with van der Waals surface area (Å²) in [5, 5.41) is 11.2. The highest BCUT2D eigenvalue weighted by Gasteiger charge is 2.12. The molecule has 0 aliphatic rings. The number of nitrogens with one attached hydrogen (secondary N) is 1. The van der Waals surface area contributed by atoms with Gasteiger partial charge in [-0.1, -0.05) is 0 Å². The second kappa shape index (κ2) is 4.70. The predicted molar refractivity (Wildman–Crippen MR) is 63.3 cm³/mol. The first kappa shape index (κ1) is 12.5. The molecule has 2 heterocycles. The molecule has 0 saturated heterocycles. The molecule has 0 unspecified atom stereocenters. The summed E-state index contributed by atoms with van der Waals surface area (Å²) in [6.07, 6.45) is 6.05. The van der Waals surface area contributed by atoms with Gasteiger partial charge in [-0.3, -0.25) is 9.78 Å². The van der Waals surface area contributed by atoms with Crippen molar-refractivity contribution in [3.63, 3.8) is 0 Å². The number of hydrogen-bond acceptors (Lipinski definition) is 5. The maximum absolute atomic E-state index is 11.8. The fourth-order valence-corrected chi connectivity index (χ4v) is 1.80. The zero-order chi connectivity index (χ0) is 13.2. The van der Waals surface area contributed by atoms with E-state index in [1.807, 2.05) is 0 Å². The van der Waals surface area contributed by atoms with Gasteiger partial charge in [0.2, 0.25) is 10.0 Å². The monoisotopic (exact) mass is 269 g/mol. The molecular formula is C9H11N5O3S. The lowest BCUT2D eigenvalue weighted by Gasteiger charge is -2.02. The van der Waals surface area contributed by atoms with E-state index < -0.39 is 15.9 Å². The van der Waals surface area contributed by atoms with Crippen LogP contribution in [0.15, 0.2) is 24.8 Å². The number of carbonyl (C=O) groups excluding carboxylic acids is 1. The van der Waals surface area contributed by atoms with E-state index in [-0.39, 0.29) is 12.3 Å². The van der Waals surface area contributed by atoms with Gasteiger partial charge in [0.1, 0.15) is 0 Å². The largest absolute Gasteiger partial charge is 0.351 e. The van der Waals surface area contributed by atoms with Gasteiger partial charge in [-0.05, 0) is 0 Å². The zero-order valence-electron chi connectivity index (χ0n) is 9.28. The number of primary sulfonamides is 1. The van der Waals surface area contributed by atoms with Crippen LogP contribution >= 0.6 is 0 Å². The standard InChI is InChI=1S/C9H11N5O3S/c10-18(16,17)4-2-12-9(15)7-5-13-14-3-1-11-6-8(7)14/h1,3,5-6H,2,4H2,(H,12,15)(H2,10,16,17). The van der Waals surface area contributed by atoms with Gasteiger partial charge in [0.05, 0.1) is 29.2 Å². The third kappa shape index (κ3) is 2.81. The van der Waals surface area contributed by atoms with Crippen LogP contribution < -0.4 is 10.5 Å². The van der Waals surface area contributed by atoms with E-state index in [1.54, 1.807) is 12.4 Å². The Morgan fingerprint density at radius 1 is 1.44 bits per heavy atom. The molecule has 0 aliphatic carbocycles. The molecule has 1 amide bonds. The van der Waals surface area contributed by atoms with Crippen molar-refractivity contribution in [2.45, 2.75) is 0 Å². The molecule has 0 fully saturated rings. The molecule has 0 aromatic carbocycles. The molecule has 3 N–H and O–H groups in total. The van der Waals surface area contributed by atoms with E-state index >= 15 is 0 Å². The second-order valence-corrected chi connectivity index (χ2v) is 5.32. The molecule has 96 valence electrons. The number of rotatable bonds is 4. The van der Waals surface area contributed by atoms with Gasteiger partial charge in [-0.25, -0.2) is 18.1 Å². The number of nitrogens with two attached hydrogens (primary N) is 1. The quantitative estimate of drug-likeness (QED) is 0.718. The van der Waals surface area contributed by atoms with Gasteiger partial charge in [0, 0.05) is 18.9 Å². The Morgan fingerprint density at radius 3 is 2.94 bits per heavy atom. The van der Waals surface area contributed by atoms with Gasteiger partial charge in [-0.15, -0.1) is 0 Å². The van der Waals surface area contributed by atoms with Crippen LogP contribution in [-0.2, 0) is 10.0 Å². The van der Waals surface area contributed by atoms with Crippen LogP contribution in [0.25, 0.3) is 5.52 Å². The smallest absolute Gasteiger partial charge is 0.255 e. The van der Waals surface area contributed by atoms with Crippen molar-refractivity contribution < 1.29 is 13.2 Å². The lowest BCUT2D eigenvalue weighted by atomic mass is 10.3. The molecule has 18 heavy (non-hydrogen) atoms. The highest BCUT2D eigenvalue weighted by molar-refractivity contribution is 7.89.